The van der Waals surface area contributed by atoms with Crippen molar-refractivity contribution in [2.45, 2.75) is 25.8 Å². The predicted molar refractivity (Wildman–Crippen MR) is 114 cm³/mol. The summed E-state index contributed by atoms with van der Waals surface area (Å²) in [5, 5.41) is 12.4. The van der Waals surface area contributed by atoms with Crippen LogP contribution in [-0.2, 0) is 13.0 Å². The third-order valence-electron chi connectivity index (χ3n) is 5.23. The molecule has 0 atom stereocenters. The Bertz CT molecular complexity index is 894. The van der Waals surface area contributed by atoms with Gasteiger partial charge in [-0.1, -0.05) is 60.1 Å². The number of piperidine rings is 1. The first-order valence-corrected chi connectivity index (χ1v) is 10.1. The molecular formula is C22H24ClN5. The van der Waals surface area contributed by atoms with Gasteiger partial charge >= 0.3 is 0 Å². The molecule has 0 radical (unpaired) electrons. The summed E-state index contributed by atoms with van der Waals surface area (Å²) in [5.41, 5.74) is 2.45. The first kappa shape index (κ1) is 18.7. The van der Waals surface area contributed by atoms with Gasteiger partial charge in [-0.05, 0) is 42.4 Å². The molecule has 3 aromatic rings. The number of aromatic nitrogens is 3. The highest BCUT2D eigenvalue weighted by Crippen LogP contribution is 2.24. The Labute approximate surface area is 170 Å². The third kappa shape index (κ3) is 4.78. The molecule has 1 saturated heterocycles. The molecule has 1 fully saturated rings. The number of hydrogen-bond donors (Lipinski definition) is 1. The van der Waals surface area contributed by atoms with E-state index in [1.807, 2.05) is 24.3 Å². The van der Waals surface area contributed by atoms with Gasteiger partial charge in [0.15, 0.2) is 5.82 Å². The molecule has 0 unspecified atom stereocenters. The Morgan fingerprint density at radius 3 is 2.54 bits per heavy atom. The van der Waals surface area contributed by atoms with E-state index < -0.39 is 0 Å². The summed E-state index contributed by atoms with van der Waals surface area (Å²) in [5.74, 6) is 2.13. The van der Waals surface area contributed by atoms with Crippen molar-refractivity contribution in [1.29, 1.82) is 0 Å². The molecule has 1 aliphatic heterocycles. The standard InChI is InChI=1S/C22H24ClN5/c23-20-9-5-4-8-19(20)15-24-21-16-25-27-22(26-21)28-12-10-18(11-13-28)14-17-6-2-1-3-7-17/h1-9,16,18H,10-15H2,(H,24,26,27). The molecule has 6 heteroatoms. The minimum absolute atomic E-state index is 0.608. The third-order valence-corrected chi connectivity index (χ3v) is 5.60. The molecule has 5 nitrogen and oxygen atoms in total. The van der Waals surface area contributed by atoms with Gasteiger partial charge in [-0.15, -0.1) is 5.10 Å². The SMILES string of the molecule is Clc1ccccc1CNc1cnnc(N2CCC(Cc3ccccc3)CC2)n1. The Balaban J connectivity index is 1.33. The molecule has 2 aromatic carbocycles. The zero-order chi connectivity index (χ0) is 19.2. The van der Waals surface area contributed by atoms with E-state index in [9.17, 15) is 0 Å². The molecule has 144 valence electrons. The van der Waals surface area contributed by atoms with Crippen LogP contribution in [0.2, 0.25) is 5.02 Å². The van der Waals surface area contributed by atoms with Crippen LogP contribution in [0.4, 0.5) is 11.8 Å². The van der Waals surface area contributed by atoms with Crippen molar-refractivity contribution in [3.8, 4) is 0 Å². The highest BCUT2D eigenvalue weighted by Gasteiger charge is 2.21. The van der Waals surface area contributed by atoms with Gasteiger partial charge < -0.3 is 10.2 Å². The second-order valence-corrected chi connectivity index (χ2v) is 7.61. The maximum absolute atomic E-state index is 6.22. The first-order chi connectivity index (χ1) is 13.8. The fourth-order valence-electron chi connectivity index (χ4n) is 3.63. The number of nitrogens with one attached hydrogen (secondary N) is 1. The molecule has 0 saturated carbocycles. The summed E-state index contributed by atoms with van der Waals surface area (Å²) in [4.78, 5) is 6.88. The molecule has 28 heavy (non-hydrogen) atoms. The molecule has 2 heterocycles. The Hall–Kier alpha value is -2.66. The van der Waals surface area contributed by atoms with Gasteiger partial charge in [0.1, 0.15) is 0 Å². The van der Waals surface area contributed by atoms with Crippen LogP contribution in [0.15, 0.2) is 60.8 Å². The maximum atomic E-state index is 6.22. The lowest BCUT2D eigenvalue weighted by Crippen LogP contribution is -2.35. The van der Waals surface area contributed by atoms with Crippen LogP contribution in [0.5, 0.6) is 0 Å². The number of halogens is 1. The fourth-order valence-corrected chi connectivity index (χ4v) is 3.83. The second-order valence-electron chi connectivity index (χ2n) is 7.21. The average Bonchev–Trinajstić information content (AvgIpc) is 2.75. The topological polar surface area (TPSA) is 53.9 Å². The minimum Gasteiger partial charge on any atom is -0.364 e. The van der Waals surface area contributed by atoms with Crippen molar-refractivity contribution in [3.05, 3.63) is 76.9 Å². The number of hydrogen-bond acceptors (Lipinski definition) is 5. The highest BCUT2D eigenvalue weighted by atomic mass is 35.5. The minimum atomic E-state index is 0.608. The van der Waals surface area contributed by atoms with Crippen LogP contribution in [-0.4, -0.2) is 28.3 Å². The lowest BCUT2D eigenvalue weighted by molar-refractivity contribution is 0.400. The van der Waals surface area contributed by atoms with Crippen LogP contribution in [0.1, 0.15) is 24.0 Å². The van der Waals surface area contributed by atoms with Crippen LogP contribution in [0.3, 0.4) is 0 Å². The average molecular weight is 394 g/mol. The zero-order valence-corrected chi connectivity index (χ0v) is 16.5. The van der Waals surface area contributed by atoms with Gasteiger partial charge in [-0.25, -0.2) is 0 Å². The molecule has 0 spiro atoms. The smallest absolute Gasteiger partial charge is 0.247 e. The predicted octanol–water partition coefficient (Wildman–Crippen LogP) is 4.60. The van der Waals surface area contributed by atoms with Crippen molar-refractivity contribution >= 4 is 23.4 Å². The van der Waals surface area contributed by atoms with Crippen molar-refractivity contribution in [2.24, 2.45) is 5.92 Å². The van der Waals surface area contributed by atoms with Gasteiger partial charge in [-0.2, -0.15) is 10.1 Å². The van der Waals surface area contributed by atoms with E-state index >= 15 is 0 Å². The van der Waals surface area contributed by atoms with E-state index in [-0.39, 0.29) is 0 Å². The van der Waals surface area contributed by atoms with Crippen LogP contribution in [0, 0.1) is 5.92 Å². The lowest BCUT2D eigenvalue weighted by atomic mass is 9.90. The summed E-state index contributed by atoms with van der Waals surface area (Å²) in [6.07, 6.45) is 5.10. The second kappa shape index (κ2) is 9.02. The first-order valence-electron chi connectivity index (χ1n) is 9.74. The van der Waals surface area contributed by atoms with E-state index in [0.717, 1.165) is 48.8 Å². The molecule has 4 rings (SSSR count). The number of nitrogens with zero attached hydrogens (tertiary/aromatic N) is 4. The lowest BCUT2D eigenvalue weighted by Gasteiger charge is -2.31. The zero-order valence-electron chi connectivity index (χ0n) is 15.8. The summed E-state index contributed by atoms with van der Waals surface area (Å²) in [6.45, 7) is 2.54. The monoisotopic (exact) mass is 393 g/mol. The van der Waals surface area contributed by atoms with Gasteiger partial charge in [-0.3, -0.25) is 0 Å². The Kier molecular flexibility index (Phi) is 6.02. The van der Waals surface area contributed by atoms with E-state index in [1.54, 1.807) is 6.20 Å². The summed E-state index contributed by atoms with van der Waals surface area (Å²) in [6, 6.07) is 18.5. The largest absolute Gasteiger partial charge is 0.364 e. The van der Waals surface area contributed by atoms with Crippen LogP contribution >= 0.6 is 11.6 Å². The van der Waals surface area contributed by atoms with Crippen molar-refractivity contribution in [3.63, 3.8) is 0 Å². The summed E-state index contributed by atoms with van der Waals surface area (Å²) < 4.78 is 0. The molecule has 1 aliphatic rings. The Morgan fingerprint density at radius 2 is 1.75 bits per heavy atom. The van der Waals surface area contributed by atoms with Gasteiger partial charge in [0.2, 0.25) is 5.95 Å². The van der Waals surface area contributed by atoms with Crippen molar-refractivity contribution in [2.75, 3.05) is 23.3 Å². The van der Waals surface area contributed by atoms with E-state index in [2.05, 4.69) is 55.7 Å². The van der Waals surface area contributed by atoms with E-state index in [4.69, 9.17) is 11.6 Å². The maximum Gasteiger partial charge on any atom is 0.247 e. The quantitative estimate of drug-likeness (QED) is 0.663. The molecule has 0 amide bonds. The van der Waals surface area contributed by atoms with Crippen LogP contribution < -0.4 is 10.2 Å². The van der Waals surface area contributed by atoms with E-state index in [0.29, 0.717) is 18.4 Å². The summed E-state index contributed by atoms with van der Waals surface area (Å²) >= 11 is 6.22. The van der Waals surface area contributed by atoms with E-state index in [1.165, 1.54) is 5.56 Å². The van der Waals surface area contributed by atoms with Gasteiger partial charge in [0.25, 0.3) is 0 Å². The Morgan fingerprint density at radius 1 is 1.00 bits per heavy atom. The fraction of sp³-hybridized carbons (Fsp3) is 0.318. The molecule has 0 bridgehead atoms. The number of anilines is 2. The van der Waals surface area contributed by atoms with Crippen LogP contribution in [0.25, 0.3) is 0 Å². The normalized spacial score (nSPS) is 14.8. The molecule has 1 aromatic heterocycles. The van der Waals surface area contributed by atoms with Crippen molar-refractivity contribution in [1.82, 2.24) is 15.2 Å². The van der Waals surface area contributed by atoms with Crippen molar-refractivity contribution < 1.29 is 0 Å². The van der Waals surface area contributed by atoms with Gasteiger partial charge in [0, 0.05) is 24.7 Å². The summed E-state index contributed by atoms with van der Waals surface area (Å²) in [7, 11) is 0. The van der Waals surface area contributed by atoms with Gasteiger partial charge in [0.05, 0.1) is 6.20 Å². The molecule has 1 N–H and O–H groups in total. The molecule has 0 aliphatic carbocycles. The highest BCUT2D eigenvalue weighted by molar-refractivity contribution is 6.31. The number of benzene rings is 2. The number of rotatable bonds is 6. The molecular weight excluding hydrogens is 370 g/mol.